The van der Waals surface area contributed by atoms with Crippen LogP contribution in [0, 0.1) is 13.8 Å². The number of rotatable bonds is 5. The Hall–Kier alpha value is -2.43. The first-order valence-corrected chi connectivity index (χ1v) is 11.5. The van der Waals surface area contributed by atoms with Gasteiger partial charge in [-0.1, -0.05) is 50.2 Å². The van der Waals surface area contributed by atoms with Gasteiger partial charge in [-0.05, 0) is 67.1 Å². The predicted molar refractivity (Wildman–Crippen MR) is 131 cm³/mol. The van der Waals surface area contributed by atoms with Crippen molar-refractivity contribution in [1.29, 1.82) is 0 Å². The molecule has 0 atom stereocenters. The molecule has 30 heavy (non-hydrogen) atoms. The van der Waals surface area contributed by atoms with Crippen molar-refractivity contribution in [2.24, 2.45) is 0 Å². The Morgan fingerprint density at radius 3 is 2.40 bits per heavy atom. The number of thiophene rings is 1. The summed E-state index contributed by atoms with van der Waals surface area (Å²) < 4.78 is 0. The van der Waals surface area contributed by atoms with Crippen molar-refractivity contribution in [3.05, 3.63) is 69.8 Å². The van der Waals surface area contributed by atoms with Crippen molar-refractivity contribution in [2.75, 3.05) is 11.4 Å². The third kappa shape index (κ3) is 3.82. The van der Waals surface area contributed by atoms with Gasteiger partial charge in [0.15, 0.2) is 0 Å². The second kappa shape index (κ2) is 8.37. The van der Waals surface area contributed by atoms with Crippen LogP contribution < -0.4 is 4.90 Å². The Labute approximate surface area is 187 Å². The number of halogens is 1. The molecule has 0 N–H and O–H groups in total. The Kier molecular flexibility index (Phi) is 5.81. The van der Waals surface area contributed by atoms with Gasteiger partial charge in [0.1, 0.15) is 10.6 Å². The summed E-state index contributed by atoms with van der Waals surface area (Å²) in [4.78, 5) is 13.6. The SMILES string of the molecule is CCN(c1cccc(C)c1)c1nc(Cl)nc2sc(C)c(-c3ccc(C(C)C)cc3)c12. The van der Waals surface area contributed by atoms with Crippen molar-refractivity contribution >= 4 is 44.7 Å². The number of fused-ring (bicyclic) bond motifs is 1. The summed E-state index contributed by atoms with van der Waals surface area (Å²) >= 11 is 8.04. The summed E-state index contributed by atoms with van der Waals surface area (Å²) in [6.45, 7) is 11.6. The van der Waals surface area contributed by atoms with Crippen LogP contribution in [0.1, 0.15) is 42.7 Å². The monoisotopic (exact) mass is 435 g/mol. The highest BCUT2D eigenvalue weighted by Gasteiger charge is 2.22. The second-order valence-electron chi connectivity index (χ2n) is 7.89. The third-order valence-corrected chi connectivity index (χ3v) is 6.60. The molecule has 0 saturated carbocycles. The first-order valence-electron chi connectivity index (χ1n) is 10.3. The summed E-state index contributed by atoms with van der Waals surface area (Å²) in [5, 5.41) is 1.36. The van der Waals surface area contributed by atoms with Crippen molar-refractivity contribution in [3.63, 3.8) is 0 Å². The lowest BCUT2D eigenvalue weighted by atomic mass is 9.97. The predicted octanol–water partition coefficient (Wildman–Crippen LogP) is 7.91. The normalized spacial score (nSPS) is 11.4. The molecule has 0 spiro atoms. The molecule has 2 heterocycles. The lowest BCUT2D eigenvalue weighted by molar-refractivity contribution is 0.867. The maximum Gasteiger partial charge on any atom is 0.225 e. The largest absolute Gasteiger partial charge is 0.326 e. The molecule has 4 aromatic rings. The Bertz CT molecular complexity index is 1200. The van der Waals surface area contributed by atoms with E-state index in [1.807, 2.05) is 0 Å². The summed E-state index contributed by atoms with van der Waals surface area (Å²) in [7, 11) is 0. The lowest BCUT2D eigenvalue weighted by Crippen LogP contribution is -2.18. The topological polar surface area (TPSA) is 29.0 Å². The van der Waals surface area contributed by atoms with Crippen molar-refractivity contribution < 1.29 is 0 Å². The number of anilines is 2. The summed E-state index contributed by atoms with van der Waals surface area (Å²) in [5.41, 5.74) is 6.05. The number of hydrogen-bond acceptors (Lipinski definition) is 4. The minimum absolute atomic E-state index is 0.284. The Balaban J connectivity index is 1.96. The molecule has 2 aromatic heterocycles. The Morgan fingerprint density at radius 1 is 1.03 bits per heavy atom. The number of benzene rings is 2. The molecule has 0 bridgehead atoms. The van der Waals surface area contributed by atoms with E-state index in [9.17, 15) is 0 Å². The van der Waals surface area contributed by atoms with Crippen molar-refractivity contribution in [2.45, 2.75) is 40.5 Å². The van der Waals surface area contributed by atoms with Crippen molar-refractivity contribution in [1.82, 2.24) is 9.97 Å². The molecule has 0 aliphatic heterocycles. The minimum atomic E-state index is 0.284. The molecule has 0 aliphatic rings. The molecule has 3 nitrogen and oxygen atoms in total. The quantitative estimate of drug-likeness (QED) is 0.298. The minimum Gasteiger partial charge on any atom is -0.326 e. The van der Waals surface area contributed by atoms with E-state index in [4.69, 9.17) is 16.6 Å². The molecule has 0 radical (unpaired) electrons. The first kappa shape index (κ1) is 20.8. The molecule has 5 heteroatoms. The lowest BCUT2D eigenvalue weighted by Gasteiger charge is -2.24. The highest BCUT2D eigenvalue weighted by atomic mass is 35.5. The van der Waals surface area contributed by atoms with Crippen LogP contribution in [0.15, 0.2) is 48.5 Å². The summed E-state index contributed by atoms with van der Waals surface area (Å²) in [6, 6.07) is 17.4. The van der Waals surface area contributed by atoms with E-state index in [-0.39, 0.29) is 5.28 Å². The van der Waals surface area contributed by atoms with Gasteiger partial charge >= 0.3 is 0 Å². The van der Waals surface area contributed by atoms with Crippen LogP contribution >= 0.6 is 22.9 Å². The Morgan fingerprint density at radius 2 is 1.77 bits per heavy atom. The van der Waals surface area contributed by atoms with Gasteiger partial charge in [0.05, 0.1) is 5.39 Å². The number of aryl methyl sites for hydroxylation is 2. The molecule has 4 rings (SSSR count). The summed E-state index contributed by atoms with van der Waals surface area (Å²) in [5.74, 6) is 1.37. The van der Waals surface area contributed by atoms with Crippen LogP contribution in [0.25, 0.3) is 21.3 Å². The van der Waals surface area contributed by atoms with Gasteiger partial charge in [0.25, 0.3) is 0 Å². The number of aromatic nitrogens is 2. The van der Waals surface area contributed by atoms with Crippen LogP contribution in [0.5, 0.6) is 0 Å². The van der Waals surface area contributed by atoms with Gasteiger partial charge in [0.2, 0.25) is 5.28 Å². The highest BCUT2D eigenvalue weighted by molar-refractivity contribution is 7.19. The zero-order chi connectivity index (χ0) is 21.4. The molecular formula is C25H26ClN3S. The molecular weight excluding hydrogens is 410 g/mol. The molecule has 0 aliphatic carbocycles. The van der Waals surface area contributed by atoms with Crippen LogP contribution in [0.2, 0.25) is 5.28 Å². The smallest absolute Gasteiger partial charge is 0.225 e. The van der Waals surface area contributed by atoms with Crippen LogP contribution in [-0.4, -0.2) is 16.5 Å². The van der Waals surface area contributed by atoms with Gasteiger partial charge in [-0.3, -0.25) is 0 Å². The fourth-order valence-corrected chi connectivity index (χ4v) is 5.15. The maximum atomic E-state index is 6.36. The van der Waals surface area contributed by atoms with E-state index in [2.05, 4.69) is 93.0 Å². The number of hydrogen-bond donors (Lipinski definition) is 0. The van der Waals surface area contributed by atoms with Crippen molar-refractivity contribution in [3.8, 4) is 11.1 Å². The average Bonchev–Trinajstić information content (AvgIpc) is 3.04. The third-order valence-electron chi connectivity index (χ3n) is 5.43. The zero-order valence-electron chi connectivity index (χ0n) is 18.0. The van der Waals surface area contributed by atoms with Gasteiger partial charge in [-0.15, -0.1) is 11.3 Å². The van der Waals surface area contributed by atoms with Crippen LogP contribution in [-0.2, 0) is 0 Å². The van der Waals surface area contributed by atoms with Gasteiger partial charge in [-0.25, -0.2) is 4.98 Å². The molecule has 0 unspecified atom stereocenters. The molecule has 2 aromatic carbocycles. The van der Waals surface area contributed by atoms with E-state index >= 15 is 0 Å². The van der Waals surface area contributed by atoms with E-state index in [1.54, 1.807) is 11.3 Å². The van der Waals surface area contributed by atoms with E-state index in [0.29, 0.717) is 5.92 Å². The van der Waals surface area contributed by atoms with Gasteiger partial charge in [-0.2, -0.15) is 4.98 Å². The molecule has 154 valence electrons. The molecule has 0 saturated heterocycles. The van der Waals surface area contributed by atoms with E-state index < -0.39 is 0 Å². The fourth-order valence-electron chi connectivity index (χ4n) is 3.90. The zero-order valence-corrected chi connectivity index (χ0v) is 19.6. The van der Waals surface area contributed by atoms with E-state index in [0.717, 1.165) is 28.3 Å². The van der Waals surface area contributed by atoms with Gasteiger partial charge < -0.3 is 4.90 Å². The average molecular weight is 436 g/mol. The first-order chi connectivity index (χ1) is 14.4. The second-order valence-corrected chi connectivity index (χ2v) is 9.43. The highest BCUT2D eigenvalue weighted by Crippen LogP contribution is 2.43. The van der Waals surface area contributed by atoms with Crippen LogP contribution in [0.3, 0.4) is 0 Å². The molecule has 0 fully saturated rings. The summed E-state index contributed by atoms with van der Waals surface area (Å²) in [6.07, 6.45) is 0. The maximum absolute atomic E-state index is 6.36. The van der Waals surface area contributed by atoms with E-state index in [1.165, 1.54) is 27.1 Å². The standard InChI is InChI=1S/C25H26ClN3S/c1-6-29(20-9-7-8-16(4)14-20)23-22-21(17(5)30-24(22)28-25(26)27-23)19-12-10-18(11-13-19)15(2)3/h7-15H,6H2,1-5H3. The van der Waals surface area contributed by atoms with Crippen LogP contribution in [0.4, 0.5) is 11.5 Å². The number of nitrogens with zero attached hydrogens (tertiary/aromatic N) is 3. The molecule has 0 amide bonds. The van der Waals surface area contributed by atoms with Gasteiger partial charge in [0, 0.05) is 22.7 Å². The fraction of sp³-hybridized carbons (Fsp3) is 0.280.